The summed E-state index contributed by atoms with van der Waals surface area (Å²) in [6, 6.07) is 13.0. The summed E-state index contributed by atoms with van der Waals surface area (Å²) in [5, 5.41) is 7.36. The Morgan fingerprint density at radius 3 is 2.68 bits per heavy atom. The molecule has 0 aliphatic carbocycles. The second-order valence-electron chi connectivity index (χ2n) is 4.86. The van der Waals surface area contributed by atoms with Crippen molar-refractivity contribution in [2.45, 2.75) is 0 Å². The number of nitrogens with one attached hydrogen (secondary N) is 2. The molecule has 112 valence electrons. The van der Waals surface area contributed by atoms with E-state index in [9.17, 15) is 9.59 Å². The molecule has 5 nitrogen and oxygen atoms in total. The van der Waals surface area contributed by atoms with E-state index in [-0.39, 0.29) is 18.4 Å². The van der Waals surface area contributed by atoms with Crippen LogP contribution in [0.25, 0.3) is 10.2 Å². The van der Waals surface area contributed by atoms with Gasteiger partial charge in [0, 0.05) is 12.7 Å². The molecule has 3 rings (SSSR count). The number of thiophene rings is 1. The number of benzene rings is 1. The minimum atomic E-state index is -0.255. The third-order valence-corrected chi connectivity index (χ3v) is 4.22. The lowest BCUT2D eigenvalue weighted by Gasteiger charge is -2.07. The highest BCUT2D eigenvalue weighted by molar-refractivity contribution is 7.17. The number of amides is 2. The molecule has 0 fully saturated rings. The van der Waals surface area contributed by atoms with E-state index in [1.54, 1.807) is 23.5 Å². The van der Waals surface area contributed by atoms with Crippen LogP contribution in [0.2, 0.25) is 0 Å². The maximum atomic E-state index is 12.2. The van der Waals surface area contributed by atoms with Gasteiger partial charge < -0.3 is 15.2 Å². The Bertz CT molecular complexity index is 820. The number of anilines is 1. The normalized spacial score (nSPS) is 10.6. The Kier molecular flexibility index (Phi) is 3.93. The molecule has 0 aliphatic rings. The van der Waals surface area contributed by atoms with Crippen LogP contribution in [0.3, 0.4) is 0 Å². The van der Waals surface area contributed by atoms with Gasteiger partial charge in [0.25, 0.3) is 5.91 Å². The van der Waals surface area contributed by atoms with Gasteiger partial charge in [0.15, 0.2) is 0 Å². The zero-order valence-electron chi connectivity index (χ0n) is 12.0. The molecule has 1 aromatic carbocycles. The van der Waals surface area contributed by atoms with Gasteiger partial charge in [0.05, 0.1) is 16.8 Å². The fraction of sp³-hybridized carbons (Fsp3) is 0.125. The zero-order chi connectivity index (χ0) is 15.5. The Hall–Kier alpha value is -2.60. The molecule has 2 N–H and O–H groups in total. The van der Waals surface area contributed by atoms with E-state index in [2.05, 4.69) is 10.6 Å². The lowest BCUT2D eigenvalue weighted by atomic mass is 10.3. The van der Waals surface area contributed by atoms with Crippen molar-refractivity contribution in [3.63, 3.8) is 0 Å². The predicted octanol–water partition coefficient (Wildman–Crippen LogP) is 2.61. The molecular formula is C16H15N3O2S. The van der Waals surface area contributed by atoms with Gasteiger partial charge in [-0.05, 0) is 29.6 Å². The smallest absolute Gasteiger partial charge is 0.268 e. The maximum absolute atomic E-state index is 12.2. The third kappa shape index (κ3) is 2.87. The number of aryl methyl sites for hydroxylation is 1. The second kappa shape index (κ2) is 6.03. The van der Waals surface area contributed by atoms with Crippen LogP contribution >= 0.6 is 11.3 Å². The summed E-state index contributed by atoms with van der Waals surface area (Å²) in [6.45, 7) is -0.0629. The van der Waals surface area contributed by atoms with E-state index in [1.807, 2.05) is 47.3 Å². The Morgan fingerprint density at radius 1 is 1.18 bits per heavy atom. The summed E-state index contributed by atoms with van der Waals surface area (Å²) < 4.78 is 2.89. The minimum Gasteiger partial charge on any atom is -0.342 e. The highest BCUT2D eigenvalue weighted by Gasteiger charge is 2.14. The molecule has 0 saturated carbocycles. The van der Waals surface area contributed by atoms with Crippen molar-refractivity contribution in [2.75, 3.05) is 11.9 Å². The first-order valence-electron chi connectivity index (χ1n) is 6.81. The average molecular weight is 313 g/mol. The van der Waals surface area contributed by atoms with Crippen LogP contribution in [0, 0.1) is 0 Å². The van der Waals surface area contributed by atoms with Crippen LogP contribution in [0.4, 0.5) is 5.69 Å². The molecule has 0 bridgehead atoms. The number of carbonyl (C=O) groups excluding carboxylic acids is 2. The molecule has 0 atom stereocenters. The number of fused-ring (bicyclic) bond motifs is 1. The first kappa shape index (κ1) is 14.3. The van der Waals surface area contributed by atoms with Crippen molar-refractivity contribution < 1.29 is 9.59 Å². The highest BCUT2D eigenvalue weighted by Crippen LogP contribution is 2.23. The number of nitrogens with zero attached hydrogens (tertiary/aromatic N) is 1. The fourth-order valence-corrected chi connectivity index (χ4v) is 3.09. The van der Waals surface area contributed by atoms with Gasteiger partial charge in [0.2, 0.25) is 5.91 Å². The summed E-state index contributed by atoms with van der Waals surface area (Å²) in [6.07, 6.45) is 0. The number of carbonyl (C=O) groups is 2. The lowest BCUT2D eigenvalue weighted by Crippen LogP contribution is -2.33. The quantitative estimate of drug-likeness (QED) is 0.777. The van der Waals surface area contributed by atoms with E-state index >= 15 is 0 Å². The van der Waals surface area contributed by atoms with Gasteiger partial charge in [-0.2, -0.15) is 0 Å². The summed E-state index contributed by atoms with van der Waals surface area (Å²) >= 11 is 1.59. The Labute approximate surface area is 131 Å². The van der Waals surface area contributed by atoms with E-state index in [1.165, 1.54) is 0 Å². The largest absolute Gasteiger partial charge is 0.342 e. The zero-order valence-corrected chi connectivity index (χ0v) is 12.8. The van der Waals surface area contributed by atoms with Crippen LogP contribution < -0.4 is 10.6 Å². The first-order chi connectivity index (χ1) is 10.6. The van der Waals surface area contributed by atoms with Crippen LogP contribution in [-0.2, 0) is 11.8 Å². The molecule has 22 heavy (non-hydrogen) atoms. The third-order valence-electron chi connectivity index (χ3n) is 3.36. The van der Waals surface area contributed by atoms with Crippen molar-refractivity contribution in [1.82, 2.24) is 9.88 Å². The number of para-hydroxylation sites is 1. The first-order valence-corrected chi connectivity index (χ1v) is 7.69. The molecule has 0 unspecified atom stereocenters. The van der Waals surface area contributed by atoms with Crippen LogP contribution in [0.1, 0.15) is 10.5 Å². The number of rotatable bonds is 4. The van der Waals surface area contributed by atoms with E-state index in [4.69, 9.17) is 0 Å². The van der Waals surface area contributed by atoms with Gasteiger partial charge in [0.1, 0.15) is 5.69 Å². The van der Waals surface area contributed by atoms with Crippen molar-refractivity contribution in [3.05, 3.63) is 53.5 Å². The van der Waals surface area contributed by atoms with E-state index < -0.39 is 0 Å². The summed E-state index contributed by atoms with van der Waals surface area (Å²) in [5.41, 5.74) is 2.28. The van der Waals surface area contributed by atoms with Gasteiger partial charge in [-0.3, -0.25) is 9.59 Å². The van der Waals surface area contributed by atoms with Crippen molar-refractivity contribution in [2.24, 2.45) is 7.05 Å². The molecule has 2 amide bonds. The molecule has 0 saturated heterocycles. The van der Waals surface area contributed by atoms with Crippen molar-refractivity contribution >= 4 is 39.1 Å². The van der Waals surface area contributed by atoms with Gasteiger partial charge >= 0.3 is 0 Å². The van der Waals surface area contributed by atoms with Gasteiger partial charge in [-0.1, -0.05) is 18.2 Å². The molecular weight excluding hydrogens is 298 g/mol. The second-order valence-corrected chi connectivity index (χ2v) is 5.80. The Balaban J connectivity index is 1.61. The van der Waals surface area contributed by atoms with E-state index in [0.29, 0.717) is 11.4 Å². The fourth-order valence-electron chi connectivity index (χ4n) is 2.25. The molecule has 2 aromatic heterocycles. The van der Waals surface area contributed by atoms with E-state index in [0.717, 1.165) is 10.2 Å². The number of hydrogen-bond donors (Lipinski definition) is 2. The number of aromatic nitrogens is 1. The lowest BCUT2D eigenvalue weighted by molar-refractivity contribution is -0.115. The number of hydrogen-bond acceptors (Lipinski definition) is 3. The summed E-state index contributed by atoms with van der Waals surface area (Å²) in [7, 11) is 1.84. The van der Waals surface area contributed by atoms with Crippen LogP contribution in [0.5, 0.6) is 0 Å². The van der Waals surface area contributed by atoms with Crippen molar-refractivity contribution in [3.8, 4) is 0 Å². The summed E-state index contributed by atoms with van der Waals surface area (Å²) in [4.78, 5) is 24.0. The maximum Gasteiger partial charge on any atom is 0.268 e. The highest BCUT2D eigenvalue weighted by atomic mass is 32.1. The van der Waals surface area contributed by atoms with Gasteiger partial charge in [-0.25, -0.2) is 0 Å². The molecule has 6 heteroatoms. The molecule has 0 spiro atoms. The van der Waals surface area contributed by atoms with Crippen molar-refractivity contribution in [1.29, 1.82) is 0 Å². The van der Waals surface area contributed by atoms with Gasteiger partial charge in [-0.15, -0.1) is 11.3 Å². The molecule has 2 heterocycles. The predicted molar refractivity (Wildman–Crippen MR) is 88.2 cm³/mol. The molecule has 3 aromatic rings. The molecule has 0 radical (unpaired) electrons. The van der Waals surface area contributed by atoms with Crippen LogP contribution in [-0.4, -0.2) is 22.9 Å². The topological polar surface area (TPSA) is 63.1 Å². The molecule has 0 aliphatic heterocycles. The van der Waals surface area contributed by atoms with Crippen LogP contribution in [0.15, 0.2) is 47.8 Å². The standard InChI is InChI=1S/C16H15N3O2S/c1-19-12-7-8-22-14(12)9-13(19)16(21)17-10-15(20)18-11-5-3-2-4-6-11/h2-9H,10H2,1H3,(H,17,21)(H,18,20). The monoisotopic (exact) mass is 313 g/mol. The minimum absolute atomic E-state index is 0.0629. The Morgan fingerprint density at radius 2 is 1.95 bits per heavy atom. The SMILES string of the molecule is Cn1c(C(=O)NCC(=O)Nc2ccccc2)cc2sccc21. The summed E-state index contributed by atoms with van der Waals surface area (Å²) in [5.74, 6) is -0.510. The average Bonchev–Trinajstić information content (AvgIpc) is 3.09.